The van der Waals surface area contributed by atoms with Crippen LogP contribution in [0.3, 0.4) is 0 Å². The summed E-state index contributed by atoms with van der Waals surface area (Å²) in [6.07, 6.45) is 2.88. The van der Waals surface area contributed by atoms with E-state index in [2.05, 4.69) is 0 Å². The molecular formula is C14H23NO4. The number of fused-ring (bicyclic) bond motifs is 1. The number of carbonyl (C=O) groups is 2. The van der Waals surface area contributed by atoms with Gasteiger partial charge in [-0.1, -0.05) is 0 Å². The van der Waals surface area contributed by atoms with E-state index in [4.69, 9.17) is 9.84 Å². The van der Waals surface area contributed by atoms with Crippen LogP contribution in [0.4, 0.5) is 4.79 Å². The van der Waals surface area contributed by atoms with Crippen LogP contribution in [-0.4, -0.2) is 40.3 Å². The summed E-state index contributed by atoms with van der Waals surface area (Å²) >= 11 is 0. The molecule has 2 fully saturated rings. The van der Waals surface area contributed by atoms with Gasteiger partial charge in [0.05, 0.1) is 5.92 Å². The number of hydrogen-bond acceptors (Lipinski definition) is 3. The Morgan fingerprint density at radius 2 is 1.89 bits per heavy atom. The van der Waals surface area contributed by atoms with Gasteiger partial charge in [-0.15, -0.1) is 0 Å². The van der Waals surface area contributed by atoms with Crippen LogP contribution in [-0.2, 0) is 9.53 Å². The molecule has 0 radical (unpaired) electrons. The van der Waals surface area contributed by atoms with Crippen LogP contribution in [0.2, 0.25) is 0 Å². The topological polar surface area (TPSA) is 66.8 Å². The normalized spacial score (nSPS) is 30.9. The fraction of sp³-hybridized carbons (Fsp3) is 0.857. The van der Waals surface area contributed by atoms with Crippen molar-refractivity contribution < 1.29 is 19.4 Å². The smallest absolute Gasteiger partial charge is 0.410 e. The van der Waals surface area contributed by atoms with E-state index in [1.807, 2.05) is 20.8 Å². The second-order valence-corrected chi connectivity index (χ2v) is 6.64. The van der Waals surface area contributed by atoms with E-state index in [0.29, 0.717) is 18.9 Å². The monoisotopic (exact) mass is 269 g/mol. The van der Waals surface area contributed by atoms with Crippen molar-refractivity contribution >= 4 is 12.1 Å². The lowest BCUT2D eigenvalue weighted by Crippen LogP contribution is -2.44. The average molecular weight is 269 g/mol. The summed E-state index contributed by atoms with van der Waals surface area (Å²) in [4.78, 5) is 25.0. The van der Waals surface area contributed by atoms with Crippen LogP contribution in [0.15, 0.2) is 0 Å². The van der Waals surface area contributed by atoms with Gasteiger partial charge in [0.25, 0.3) is 0 Å². The Bertz CT molecular complexity index is 374. The number of hydrogen-bond donors (Lipinski definition) is 1. The highest BCUT2D eigenvalue weighted by Gasteiger charge is 2.43. The molecule has 0 bridgehead atoms. The molecule has 5 heteroatoms. The first kappa shape index (κ1) is 14.2. The molecule has 108 valence electrons. The Balaban J connectivity index is 2.03. The largest absolute Gasteiger partial charge is 0.481 e. The first-order valence-corrected chi connectivity index (χ1v) is 7.00. The molecule has 3 unspecified atom stereocenters. The third-order valence-corrected chi connectivity index (χ3v) is 4.07. The quantitative estimate of drug-likeness (QED) is 0.794. The summed E-state index contributed by atoms with van der Waals surface area (Å²) in [5, 5.41) is 9.13. The second kappa shape index (κ2) is 5.02. The van der Waals surface area contributed by atoms with Crippen molar-refractivity contribution in [3.63, 3.8) is 0 Å². The van der Waals surface area contributed by atoms with Crippen molar-refractivity contribution in [3.05, 3.63) is 0 Å². The molecule has 3 atom stereocenters. The number of carboxylic acids is 1. The van der Waals surface area contributed by atoms with Crippen LogP contribution in [0.25, 0.3) is 0 Å². The van der Waals surface area contributed by atoms with Crippen molar-refractivity contribution in [2.75, 3.05) is 6.54 Å². The molecular weight excluding hydrogens is 246 g/mol. The van der Waals surface area contributed by atoms with Crippen molar-refractivity contribution in [1.82, 2.24) is 4.90 Å². The Morgan fingerprint density at radius 1 is 1.21 bits per heavy atom. The lowest BCUT2D eigenvalue weighted by atomic mass is 9.79. The first-order valence-electron chi connectivity index (χ1n) is 7.00. The Kier molecular flexibility index (Phi) is 3.74. The SMILES string of the molecule is CC(C)(C)OC(=O)N1CCC2CCC(C(=O)O)CC21. The molecule has 19 heavy (non-hydrogen) atoms. The molecule has 0 spiro atoms. The van der Waals surface area contributed by atoms with Gasteiger partial charge in [-0.05, 0) is 52.4 Å². The summed E-state index contributed by atoms with van der Waals surface area (Å²) in [6, 6.07) is 0.0460. The van der Waals surface area contributed by atoms with Crippen LogP contribution in [0, 0.1) is 11.8 Å². The fourth-order valence-electron chi connectivity index (χ4n) is 3.17. The number of likely N-dealkylation sites (tertiary alicyclic amines) is 1. The number of ether oxygens (including phenoxy) is 1. The minimum absolute atomic E-state index is 0.0460. The molecule has 1 heterocycles. The minimum atomic E-state index is -0.741. The standard InChI is InChI=1S/C14H23NO4/c1-14(2,3)19-13(18)15-7-6-9-4-5-10(12(16)17)8-11(9)15/h9-11H,4-8H2,1-3H3,(H,16,17). The molecule has 1 amide bonds. The molecule has 0 aromatic rings. The van der Waals surface area contributed by atoms with E-state index < -0.39 is 11.6 Å². The maximum atomic E-state index is 12.1. The van der Waals surface area contributed by atoms with Gasteiger partial charge < -0.3 is 14.7 Å². The van der Waals surface area contributed by atoms with Crippen LogP contribution in [0.5, 0.6) is 0 Å². The van der Waals surface area contributed by atoms with Gasteiger partial charge in [-0.3, -0.25) is 4.79 Å². The summed E-state index contributed by atoms with van der Waals surface area (Å²) in [6.45, 7) is 6.23. The zero-order chi connectivity index (χ0) is 14.2. The highest BCUT2D eigenvalue weighted by molar-refractivity contribution is 5.71. The molecule has 1 saturated heterocycles. The number of nitrogens with zero attached hydrogens (tertiary/aromatic N) is 1. The number of amides is 1. The van der Waals surface area contributed by atoms with Gasteiger partial charge in [0, 0.05) is 12.6 Å². The van der Waals surface area contributed by atoms with E-state index in [-0.39, 0.29) is 18.1 Å². The zero-order valence-corrected chi connectivity index (χ0v) is 11.9. The third-order valence-electron chi connectivity index (χ3n) is 4.07. The minimum Gasteiger partial charge on any atom is -0.481 e. The molecule has 1 aliphatic heterocycles. The van der Waals surface area contributed by atoms with E-state index in [1.54, 1.807) is 4.90 Å². The van der Waals surface area contributed by atoms with Crippen molar-refractivity contribution in [2.24, 2.45) is 11.8 Å². The van der Waals surface area contributed by atoms with Gasteiger partial charge in [0.2, 0.25) is 0 Å². The molecule has 2 aliphatic rings. The van der Waals surface area contributed by atoms with E-state index in [9.17, 15) is 9.59 Å². The van der Waals surface area contributed by atoms with Crippen molar-refractivity contribution in [3.8, 4) is 0 Å². The predicted octanol–water partition coefficient (Wildman–Crippen LogP) is 2.50. The maximum Gasteiger partial charge on any atom is 0.410 e. The van der Waals surface area contributed by atoms with Gasteiger partial charge >= 0.3 is 12.1 Å². The Morgan fingerprint density at radius 3 is 2.47 bits per heavy atom. The zero-order valence-electron chi connectivity index (χ0n) is 11.9. The highest BCUT2D eigenvalue weighted by atomic mass is 16.6. The van der Waals surface area contributed by atoms with Crippen molar-refractivity contribution in [1.29, 1.82) is 0 Å². The predicted molar refractivity (Wildman–Crippen MR) is 69.8 cm³/mol. The number of carboxylic acid groups (broad SMARTS) is 1. The fourth-order valence-corrected chi connectivity index (χ4v) is 3.17. The lowest BCUT2D eigenvalue weighted by molar-refractivity contribution is -0.143. The van der Waals surface area contributed by atoms with Crippen LogP contribution < -0.4 is 0 Å². The Hall–Kier alpha value is -1.26. The van der Waals surface area contributed by atoms with E-state index in [1.165, 1.54) is 0 Å². The summed E-state index contributed by atoms with van der Waals surface area (Å²) in [5.41, 5.74) is -0.504. The van der Waals surface area contributed by atoms with Crippen LogP contribution >= 0.6 is 0 Å². The summed E-state index contributed by atoms with van der Waals surface area (Å²) < 4.78 is 5.41. The van der Waals surface area contributed by atoms with E-state index in [0.717, 1.165) is 19.3 Å². The molecule has 5 nitrogen and oxygen atoms in total. The first-order chi connectivity index (χ1) is 8.78. The third kappa shape index (κ3) is 3.19. The summed E-state index contributed by atoms with van der Waals surface area (Å²) in [7, 11) is 0. The van der Waals surface area contributed by atoms with Gasteiger partial charge in [0.15, 0.2) is 0 Å². The van der Waals surface area contributed by atoms with Crippen molar-refractivity contribution in [2.45, 2.75) is 58.1 Å². The second-order valence-electron chi connectivity index (χ2n) is 6.64. The molecule has 0 aromatic heterocycles. The number of carbonyl (C=O) groups excluding carboxylic acids is 1. The number of aliphatic carboxylic acids is 1. The number of rotatable bonds is 1. The van der Waals surface area contributed by atoms with E-state index >= 15 is 0 Å². The van der Waals surface area contributed by atoms with Gasteiger partial charge in [-0.2, -0.15) is 0 Å². The van der Waals surface area contributed by atoms with Gasteiger partial charge in [-0.25, -0.2) is 4.79 Å². The average Bonchev–Trinajstić information content (AvgIpc) is 2.68. The molecule has 1 saturated carbocycles. The van der Waals surface area contributed by atoms with Crippen LogP contribution in [0.1, 0.15) is 46.5 Å². The molecule has 1 aliphatic carbocycles. The van der Waals surface area contributed by atoms with Gasteiger partial charge in [0.1, 0.15) is 5.60 Å². The lowest BCUT2D eigenvalue weighted by Gasteiger charge is -2.35. The Labute approximate surface area is 113 Å². The summed E-state index contributed by atoms with van der Waals surface area (Å²) in [5.74, 6) is -0.609. The molecule has 2 rings (SSSR count). The highest BCUT2D eigenvalue weighted by Crippen LogP contribution is 2.39. The molecule has 1 N–H and O–H groups in total. The maximum absolute atomic E-state index is 12.1. The molecule has 0 aromatic carbocycles.